The van der Waals surface area contributed by atoms with Crippen LogP contribution in [0.3, 0.4) is 0 Å². The Labute approximate surface area is 146 Å². The van der Waals surface area contributed by atoms with Crippen LogP contribution in [0.15, 0.2) is 23.2 Å². The number of ether oxygens (including phenoxy) is 2. The number of guanidine groups is 1. The molecule has 0 amide bonds. The number of nitrogens with zero attached hydrogens (tertiary/aromatic N) is 2. The van der Waals surface area contributed by atoms with Gasteiger partial charge in [-0.05, 0) is 58.1 Å². The quantitative estimate of drug-likeness (QED) is 0.387. The molecule has 0 bridgehead atoms. The zero-order valence-corrected chi connectivity index (χ0v) is 15.7. The van der Waals surface area contributed by atoms with Gasteiger partial charge in [-0.25, -0.2) is 0 Å². The van der Waals surface area contributed by atoms with E-state index < -0.39 is 0 Å². The molecule has 0 saturated heterocycles. The summed E-state index contributed by atoms with van der Waals surface area (Å²) in [6.45, 7) is 5.62. The molecular formula is C18H32N4O2. The third kappa shape index (κ3) is 7.55. The third-order valence-electron chi connectivity index (χ3n) is 3.53. The maximum atomic E-state index is 5.34. The van der Waals surface area contributed by atoms with Gasteiger partial charge in [-0.15, -0.1) is 0 Å². The molecule has 0 aliphatic heterocycles. The molecule has 0 atom stereocenters. The second-order valence-electron chi connectivity index (χ2n) is 5.78. The van der Waals surface area contributed by atoms with E-state index in [1.54, 1.807) is 14.2 Å². The molecule has 1 rings (SSSR count). The molecule has 0 unspecified atom stereocenters. The molecule has 0 spiro atoms. The highest BCUT2D eigenvalue weighted by Crippen LogP contribution is 2.27. The highest BCUT2D eigenvalue weighted by Gasteiger charge is 2.05. The van der Waals surface area contributed by atoms with Crippen LogP contribution in [0.25, 0.3) is 0 Å². The Bertz CT molecular complexity index is 504. The van der Waals surface area contributed by atoms with Crippen LogP contribution in [0.2, 0.25) is 0 Å². The smallest absolute Gasteiger partial charge is 0.191 e. The molecule has 0 fully saturated rings. The van der Waals surface area contributed by atoms with Crippen molar-refractivity contribution in [2.24, 2.45) is 4.99 Å². The van der Waals surface area contributed by atoms with E-state index in [9.17, 15) is 0 Å². The van der Waals surface area contributed by atoms with Crippen molar-refractivity contribution in [3.8, 4) is 11.5 Å². The van der Waals surface area contributed by atoms with Gasteiger partial charge in [-0.2, -0.15) is 0 Å². The van der Waals surface area contributed by atoms with Gasteiger partial charge >= 0.3 is 0 Å². The molecule has 0 aromatic heterocycles. The van der Waals surface area contributed by atoms with E-state index in [1.165, 1.54) is 5.56 Å². The lowest BCUT2D eigenvalue weighted by Gasteiger charge is -2.13. The first-order valence-electron chi connectivity index (χ1n) is 8.48. The number of aliphatic imine (C=N–C) groups is 1. The van der Waals surface area contributed by atoms with Crippen LogP contribution in [-0.4, -0.2) is 65.4 Å². The minimum atomic E-state index is 0.755. The van der Waals surface area contributed by atoms with E-state index in [0.717, 1.165) is 56.5 Å². The summed E-state index contributed by atoms with van der Waals surface area (Å²) in [5.41, 5.74) is 1.20. The molecule has 0 saturated carbocycles. The standard InChI is InChI=1S/C18H32N4O2/c1-6-19-18(20-11-7-13-22(2)3)21-12-10-15-8-9-16(23-4)17(14-15)24-5/h8-9,14H,6-7,10-13H2,1-5H3,(H2,19,20,21). The lowest BCUT2D eigenvalue weighted by Crippen LogP contribution is -2.38. The van der Waals surface area contributed by atoms with Crippen molar-refractivity contribution in [1.82, 2.24) is 15.5 Å². The average molecular weight is 336 g/mol. The molecular weight excluding hydrogens is 304 g/mol. The fourth-order valence-corrected chi connectivity index (χ4v) is 2.28. The van der Waals surface area contributed by atoms with Crippen molar-refractivity contribution in [1.29, 1.82) is 0 Å². The highest BCUT2D eigenvalue weighted by atomic mass is 16.5. The second-order valence-corrected chi connectivity index (χ2v) is 5.78. The maximum Gasteiger partial charge on any atom is 0.191 e. The number of nitrogens with one attached hydrogen (secondary N) is 2. The number of benzene rings is 1. The van der Waals surface area contributed by atoms with E-state index in [1.807, 2.05) is 12.1 Å². The van der Waals surface area contributed by atoms with Crippen LogP contribution in [0, 0.1) is 0 Å². The number of hydrogen-bond acceptors (Lipinski definition) is 4. The molecule has 0 aliphatic carbocycles. The molecule has 0 radical (unpaired) electrons. The van der Waals surface area contributed by atoms with Gasteiger partial charge in [0.05, 0.1) is 14.2 Å². The Morgan fingerprint density at radius 1 is 1.12 bits per heavy atom. The Kier molecular flexibility index (Phi) is 9.68. The lowest BCUT2D eigenvalue weighted by molar-refractivity contribution is 0.354. The fraction of sp³-hybridized carbons (Fsp3) is 0.611. The van der Waals surface area contributed by atoms with E-state index >= 15 is 0 Å². The molecule has 1 aromatic carbocycles. The Morgan fingerprint density at radius 3 is 2.50 bits per heavy atom. The summed E-state index contributed by atoms with van der Waals surface area (Å²) in [4.78, 5) is 6.77. The minimum absolute atomic E-state index is 0.755. The van der Waals surface area contributed by atoms with Crippen LogP contribution < -0.4 is 20.1 Å². The largest absolute Gasteiger partial charge is 0.493 e. The summed E-state index contributed by atoms with van der Waals surface area (Å²) in [5, 5.41) is 6.65. The van der Waals surface area contributed by atoms with E-state index in [4.69, 9.17) is 9.47 Å². The summed E-state index contributed by atoms with van der Waals surface area (Å²) in [5.74, 6) is 2.39. The van der Waals surface area contributed by atoms with Crippen LogP contribution in [0.5, 0.6) is 11.5 Å². The van der Waals surface area contributed by atoms with Gasteiger partial charge in [0.25, 0.3) is 0 Å². The average Bonchev–Trinajstić information content (AvgIpc) is 2.58. The van der Waals surface area contributed by atoms with Crippen LogP contribution in [0.1, 0.15) is 18.9 Å². The van der Waals surface area contributed by atoms with Crippen molar-refractivity contribution in [3.05, 3.63) is 23.8 Å². The van der Waals surface area contributed by atoms with Crippen LogP contribution >= 0.6 is 0 Å². The van der Waals surface area contributed by atoms with Gasteiger partial charge in [-0.3, -0.25) is 4.99 Å². The van der Waals surface area contributed by atoms with Crippen molar-refractivity contribution >= 4 is 5.96 Å². The predicted octanol–water partition coefficient (Wildman–Crippen LogP) is 1.75. The van der Waals surface area contributed by atoms with Gasteiger partial charge in [-0.1, -0.05) is 6.07 Å². The SMILES string of the molecule is CCNC(=NCCCN(C)C)NCCc1ccc(OC)c(OC)c1. The van der Waals surface area contributed by atoms with E-state index in [0.29, 0.717) is 0 Å². The molecule has 0 aliphatic rings. The minimum Gasteiger partial charge on any atom is -0.493 e. The number of methoxy groups -OCH3 is 2. The molecule has 136 valence electrons. The second kappa shape index (κ2) is 11.6. The first-order chi connectivity index (χ1) is 11.6. The molecule has 6 nitrogen and oxygen atoms in total. The first kappa shape index (κ1) is 20.1. The normalized spacial score (nSPS) is 11.5. The lowest BCUT2D eigenvalue weighted by atomic mass is 10.1. The Morgan fingerprint density at radius 2 is 1.88 bits per heavy atom. The number of rotatable bonds is 10. The number of hydrogen-bond donors (Lipinski definition) is 2. The molecule has 0 heterocycles. The summed E-state index contributed by atoms with van der Waals surface area (Å²) >= 11 is 0. The maximum absolute atomic E-state index is 5.34. The molecule has 24 heavy (non-hydrogen) atoms. The van der Waals surface area contributed by atoms with Crippen molar-refractivity contribution in [2.75, 3.05) is 54.5 Å². The molecule has 1 aromatic rings. The Hall–Kier alpha value is -1.95. The molecule has 2 N–H and O–H groups in total. The highest BCUT2D eigenvalue weighted by molar-refractivity contribution is 5.79. The van der Waals surface area contributed by atoms with Gasteiger partial charge in [0.2, 0.25) is 0 Å². The van der Waals surface area contributed by atoms with Gasteiger partial charge in [0.15, 0.2) is 17.5 Å². The van der Waals surface area contributed by atoms with Gasteiger partial charge < -0.3 is 25.0 Å². The zero-order valence-electron chi connectivity index (χ0n) is 15.7. The zero-order chi connectivity index (χ0) is 17.8. The topological polar surface area (TPSA) is 58.1 Å². The van der Waals surface area contributed by atoms with Crippen molar-refractivity contribution in [2.45, 2.75) is 19.8 Å². The van der Waals surface area contributed by atoms with Crippen molar-refractivity contribution in [3.63, 3.8) is 0 Å². The molecule has 6 heteroatoms. The van der Waals surface area contributed by atoms with E-state index in [2.05, 4.69) is 47.6 Å². The summed E-state index contributed by atoms with van der Waals surface area (Å²) < 4.78 is 10.6. The van der Waals surface area contributed by atoms with E-state index in [-0.39, 0.29) is 0 Å². The third-order valence-corrected chi connectivity index (χ3v) is 3.53. The summed E-state index contributed by atoms with van der Waals surface area (Å²) in [6, 6.07) is 6.01. The summed E-state index contributed by atoms with van der Waals surface area (Å²) in [7, 11) is 7.46. The van der Waals surface area contributed by atoms with Gasteiger partial charge in [0, 0.05) is 19.6 Å². The predicted molar refractivity (Wildman–Crippen MR) is 100 cm³/mol. The summed E-state index contributed by atoms with van der Waals surface area (Å²) in [6.07, 6.45) is 1.95. The first-order valence-corrected chi connectivity index (χ1v) is 8.48. The monoisotopic (exact) mass is 336 g/mol. The van der Waals surface area contributed by atoms with Gasteiger partial charge in [0.1, 0.15) is 0 Å². The van der Waals surface area contributed by atoms with Crippen LogP contribution in [-0.2, 0) is 6.42 Å². The fourth-order valence-electron chi connectivity index (χ4n) is 2.28. The van der Waals surface area contributed by atoms with Crippen molar-refractivity contribution < 1.29 is 9.47 Å². The van der Waals surface area contributed by atoms with Crippen LogP contribution in [0.4, 0.5) is 0 Å². The Balaban J connectivity index is 2.48.